The minimum atomic E-state index is -4.44. The standard InChI is InChI=1S/C9H13F3N4.C9H6O6/c1-6(13-2)3-15-8-5-14-7(4-16-8)9(10,11)12;10-7(11)4-1-5(8(12)13)3-6(2-4)9(14)15/h4-6,13H,3H2,1-2H3,(H,15,16);1-3H,(H,10,11)(H,12,13)(H,14,15)/t6-;/m0./s1. The van der Waals surface area contributed by atoms with Crippen LogP contribution in [0.25, 0.3) is 0 Å². The summed E-state index contributed by atoms with van der Waals surface area (Å²) in [5.41, 5.74) is -2.09. The second-order valence-electron chi connectivity index (χ2n) is 6.07. The number of halogens is 3. The monoisotopic (exact) mass is 444 g/mol. The number of hydrogen-bond acceptors (Lipinski definition) is 7. The molecule has 1 aromatic carbocycles. The van der Waals surface area contributed by atoms with E-state index in [4.69, 9.17) is 15.3 Å². The predicted molar refractivity (Wildman–Crippen MR) is 101 cm³/mol. The van der Waals surface area contributed by atoms with Crippen LogP contribution in [0.1, 0.15) is 43.7 Å². The minimum absolute atomic E-state index is 0.198. The molecule has 0 radical (unpaired) electrons. The summed E-state index contributed by atoms with van der Waals surface area (Å²) in [6.45, 7) is 2.50. The molecule has 1 aromatic heterocycles. The number of aromatic carboxylic acids is 3. The SMILES string of the molecule is CN[C@@H](C)CNc1cnc(C(F)(F)F)cn1.O=C(O)c1cc(C(=O)O)cc(C(=O)O)c1. The number of alkyl halides is 3. The molecule has 168 valence electrons. The summed E-state index contributed by atoms with van der Waals surface area (Å²) in [5.74, 6) is -3.79. The zero-order valence-electron chi connectivity index (χ0n) is 16.3. The van der Waals surface area contributed by atoms with Crippen molar-refractivity contribution in [1.29, 1.82) is 0 Å². The van der Waals surface area contributed by atoms with E-state index in [0.29, 0.717) is 18.6 Å². The van der Waals surface area contributed by atoms with Gasteiger partial charge in [0.25, 0.3) is 0 Å². The van der Waals surface area contributed by atoms with Crippen molar-refractivity contribution in [3.05, 3.63) is 53.0 Å². The quantitative estimate of drug-likeness (QED) is 0.428. The van der Waals surface area contributed by atoms with Crippen molar-refractivity contribution in [2.45, 2.75) is 19.1 Å². The number of likely N-dealkylation sites (N-methyl/N-ethyl adjacent to an activating group) is 1. The fraction of sp³-hybridized carbons (Fsp3) is 0.278. The fourth-order valence-corrected chi connectivity index (χ4v) is 1.92. The Morgan fingerprint density at radius 2 is 1.39 bits per heavy atom. The normalized spacial score (nSPS) is 11.6. The number of hydrogen-bond donors (Lipinski definition) is 5. The average molecular weight is 444 g/mol. The Morgan fingerprint density at radius 3 is 1.68 bits per heavy atom. The summed E-state index contributed by atoms with van der Waals surface area (Å²) < 4.78 is 36.5. The van der Waals surface area contributed by atoms with Crippen LogP contribution < -0.4 is 10.6 Å². The van der Waals surface area contributed by atoms with Crippen LogP contribution in [0.2, 0.25) is 0 Å². The van der Waals surface area contributed by atoms with Crippen LogP contribution in [-0.4, -0.2) is 62.8 Å². The Bertz CT molecular complexity index is 856. The summed E-state index contributed by atoms with van der Waals surface area (Å²) in [4.78, 5) is 38.6. The molecule has 0 amide bonds. The lowest BCUT2D eigenvalue weighted by molar-refractivity contribution is -0.141. The van der Waals surface area contributed by atoms with Crippen LogP contribution in [0.3, 0.4) is 0 Å². The Morgan fingerprint density at radius 1 is 0.935 bits per heavy atom. The number of carboxylic acids is 3. The number of carbonyl (C=O) groups is 3. The molecular formula is C18H19F3N4O6. The van der Waals surface area contributed by atoms with Crippen LogP contribution in [0.15, 0.2) is 30.6 Å². The molecule has 0 aliphatic rings. The highest BCUT2D eigenvalue weighted by atomic mass is 19.4. The molecule has 0 saturated heterocycles. The number of carboxylic acid groups (broad SMARTS) is 3. The van der Waals surface area contributed by atoms with Crippen LogP contribution >= 0.6 is 0 Å². The van der Waals surface area contributed by atoms with Gasteiger partial charge in [0.1, 0.15) is 5.82 Å². The minimum Gasteiger partial charge on any atom is -0.478 e. The van der Waals surface area contributed by atoms with E-state index in [0.717, 1.165) is 24.4 Å². The maximum atomic E-state index is 12.2. The van der Waals surface area contributed by atoms with Gasteiger partial charge in [0.05, 0.1) is 29.1 Å². The molecular weight excluding hydrogens is 425 g/mol. The van der Waals surface area contributed by atoms with E-state index < -0.39 is 29.8 Å². The highest BCUT2D eigenvalue weighted by molar-refractivity contribution is 5.98. The zero-order valence-corrected chi connectivity index (χ0v) is 16.3. The third kappa shape index (κ3) is 8.26. The molecule has 0 spiro atoms. The molecule has 0 unspecified atom stereocenters. The molecule has 2 aromatic rings. The first-order chi connectivity index (χ1) is 14.3. The van der Waals surface area contributed by atoms with Crippen molar-refractivity contribution >= 4 is 23.7 Å². The molecule has 5 N–H and O–H groups in total. The zero-order chi connectivity index (χ0) is 23.8. The van der Waals surface area contributed by atoms with Crippen molar-refractivity contribution in [3.63, 3.8) is 0 Å². The third-order valence-electron chi connectivity index (χ3n) is 3.70. The number of nitrogens with one attached hydrogen (secondary N) is 2. The largest absolute Gasteiger partial charge is 0.478 e. The number of rotatable bonds is 7. The molecule has 10 nitrogen and oxygen atoms in total. The summed E-state index contributed by atoms with van der Waals surface area (Å²) in [5, 5.41) is 31.7. The number of anilines is 1. The van der Waals surface area contributed by atoms with E-state index >= 15 is 0 Å². The average Bonchev–Trinajstić information content (AvgIpc) is 2.71. The van der Waals surface area contributed by atoms with Gasteiger partial charge in [-0.2, -0.15) is 13.2 Å². The van der Waals surface area contributed by atoms with Crippen LogP contribution in [0.4, 0.5) is 19.0 Å². The summed E-state index contributed by atoms with van der Waals surface area (Å²) in [7, 11) is 1.80. The Balaban J connectivity index is 0.000000311. The lowest BCUT2D eigenvalue weighted by Crippen LogP contribution is -2.29. The number of nitrogens with zero attached hydrogens (tertiary/aromatic N) is 2. The van der Waals surface area contributed by atoms with Gasteiger partial charge in [-0.25, -0.2) is 24.4 Å². The van der Waals surface area contributed by atoms with E-state index in [9.17, 15) is 27.6 Å². The van der Waals surface area contributed by atoms with Crippen LogP contribution in [0.5, 0.6) is 0 Å². The first-order valence-corrected chi connectivity index (χ1v) is 8.50. The Kier molecular flexibility index (Phi) is 8.87. The van der Waals surface area contributed by atoms with Gasteiger partial charge in [-0.15, -0.1) is 0 Å². The number of aromatic nitrogens is 2. The maximum absolute atomic E-state index is 12.2. The molecule has 13 heteroatoms. The molecule has 0 aliphatic carbocycles. The van der Waals surface area contributed by atoms with Gasteiger partial charge in [-0.3, -0.25) is 0 Å². The molecule has 1 atom stereocenters. The summed E-state index contributed by atoms with van der Waals surface area (Å²) in [6, 6.07) is 2.90. The highest BCUT2D eigenvalue weighted by Gasteiger charge is 2.32. The van der Waals surface area contributed by atoms with Gasteiger partial charge in [0.15, 0.2) is 5.69 Å². The van der Waals surface area contributed by atoms with Gasteiger partial charge >= 0.3 is 24.1 Å². The van der Waals surface area contributed by atoms with Gasteiger partial charge in [0.2, 0.25) is 0 Å². The van der Waals surface area contributed by atoms with E-state index in [1.54, 1.807) is 7.05 Å². The van der Waals surface area contributed by atoms with E-state index in [1.807, 2.05) is 6.92 Å². The van der Waals surface area contributed by atoms with E-state index in [2.05, 4.69) is 20.6 Å². The number of benzene rings is 1. The highest BCUT2D eigenvalue weighted by Crippen LogP contribution is 2.26. The molecule has 0 bridgehead atoms. The van der Waals surface area contributed by atoms with E-state index in [1.165, 1.54) is 0 Å². The van der Waals surface area contributed by atoms with Gasteiger partial charge in [-0.1, -0.05) is 0 Å². The molecule has 31 heavy (non-hydrogen) atoms. The fourth-order valence-electron chi connectivity index (χ4n) is 1.92. The van der Waals surface area contributed by atoms with Crippen molar-refractivity contribution in [3.8, 4) is 0 Å². The molecule has 0 fully saturated rings. The van der Waals surface area contributed by atoms with Crippen molar-refractivity contribution in [2.75, 3.05) is 18.9 Å². The molecule has 0 saturated carbocycles. The Labute approximate surface area is 173 Å². The first-order valence-electron chi connectivity index (χ1n) is 8.50. The Hall–Kier alpha value is -3.74. The second kappa shape index (κ2) is 10.9. The first kappa shape index (κ1) is 25.3. The van der Waals surface area contributed by atoms with Crippen molar-refractivity contribution in [2.24, 2.45) is 0 Å². The van der Waals surface area contributed by atoms with Gasteiger partial charge in [-0.05, 0) is 32.2 Å². The predicted octanol–water partition coefficient (Wildman–Crippen LogP) is 2.30. The smallest absolute Gasteiger partial charge is 0.434 e. The summed E-state index contributed by atoms with van der Waals surface area (Å²) in [6.07, 6.45) is -2.65. The third-order valence-corrected chi connectivity index (χ3v) is 3.70. The van der Waals surface area contributed by atoms with Gasteiger partial charge in [0, 0.05) is 12.6 Å². The van der Waals surface area contributed by atoms with Crippen LogP contribution in [-0.2, 0) is 6.18 Å². The van der Waals surface area contributed by atoms with Crippen LogP contribution in [0, 0.1) is 0 Å². The van der Waals surface area contributed by atoms with Crippen molar-refractivity contribution < 1.29 is 42.9 Å². The second-order valence-corrected chi connectivity index (χ2v) is 6.07. The van der Waals surface area contributed by atoms with Crippen molar-refractivity contribution in [1.82, 2.24) is 15.3 Å². The van der Waals surface area contributed by atoms with E-state index in [-0.39, 0.29) is 22.7 Å². The van der Waals surface area contributed by atoms with Gasteiger partial charge < -0.3 is 26.0 Å². The molecule has 0 aliphatic heterocycles. The maximum Gasteiger partial charge on any atom is 0.434 e. The molecule has 1 heterocycles. The topological polar surface area (TPSA) is 162 Å². The summed E-state index contributed by atoms with van der Waals surface area (Å²) >= 11 is 0. The lowest BCUT2D eigenvalue weighted by atomic mass is 10.1. The lowest BCUT2D eigenvalue weighted by Gasteiger charge is -2.12. The molecule has 2 rings (SSSR count).